The highest BCUT2D eigenvalue weighted by Gasteiger charge is 2.04. The van der Waals surface area contributed by atoms with Crippen molar-refractivity contribution in [2.75, 3.05) is 11.1 Å². The molecule has 0 aliphatic rings. The number of anilines is 3. The van der Waals surface area contributed by atoms with Crippen molar-refractivity contribution in [2.45, 2.75) is 13.3 Å². The van der Waals surface area contributed by atoms with Gasteiger partial charge in [-0.05, 0) is 48.4 Å². The standard InChI is InChI=1S/C16H14N4/c1-11-2-3-12(10-18)8-16(11)20-14-4-5-15(19)13(9-14)6-7-17/h2-5,8-9,20H,6,19H2,1H3. The van der Waals surface area contributed by atoms with Crippen LogP contribution in [0.4, 0.5) is 17.1 Å². The van der Waals surface area contributed by atoms with Gasteiger partial charge in [-0.15, -0.1) is 0 Å². The van der Waals surface area contributed by atoms with Crippen LogP contribution in [0.2, 0.25) is 0 Å². The average molecular weight is 262 g/mol. The van der Waals surface area contributed by atoms with E-state index >= 15 is 0 Å². The van der Waals surface area contributed by atoms with E-state index in [0.717, 1.165) is 22.5 Å². The minimum atomic E-state index is 0.276. The van der Waals surface area contributed by atoms with E-state index in [1.54, 1.807) is 18.2 Å². The van der Waals surface area contributed by atoms with E-state index in [-0.39, 0.29) is 6.42 Å². The Morgan fingerprint density at radius 2 is 1.95 bits per heavy atom. The summed E-state index contributed by atoms with van der Waals surface area (Å²) >= 11 is 0. The maximum atomic E-state index is 8.94. The van der Waals surface area contributed by atoms with Crippen LogP contribution in [-0.2, 0) is 6.42 Å². The summed E-state index contributed by atoms with van der Waals surface area (Å²) in [7, 11) is 0. The molecule has 0 aromatic heterocycles. The van der Waals surface area contributed by atoms with E-state index < -0.39 is 0 Å². The van der Waals surface area contributed by atoms with Crippen molar-refractivity contribution >= 4 is 17.1 Å². The molecule has 0 unspecified atom stereocenters. The van der Waals surface area contributed by atoms with Gasteiger partial charge in [-0.2, -0.15) is 10.5 Å². The third-order valence-corrected chi connectivity index (χ3v) is 3.06. The van der Waals surface area contributed by atoms with Gasteiger partial charge < -0.3 is 11.1 Å². The normalized spacial score (nSPS) is 9.55. The third-order valence-electron chi connectivity index (χ3n) is 3.06. The van der Waals surface area contributed by atoms with Gasteiger partial charge in [-0.3, -0.25) is 0 Å². The lowest BCUT2D eigenvalue weighted by Gasteiger charge is -2.12. The number of rotatable bonds is 3. The Balaban J connectivity index is 2.33. The molecule has 4 heteroatoms. The predicted molar refractivity (Wildman–Crippen MR) is 79.3 cm³/mol. The molecule has 0 amide bonds. The lowest BCUT2D eigenvalue weighted by atomic mass is 10.1. The summed E-state index contributed by atoms with van der Waals surface area (Å²) in [6.45, 7) is 1.97. The molecule has 0 heterocycles. The van der Waals surface area contributed by atoms with Crippen molar-refractivity contribution in [1.29, 1.82) is 10.5 Å². The predicted octanol–water partition coefficient (Wildman–Crippen LogP) is 3.26. The van der Waals surface area contributed by atoms with Crippen molar-refractivity contribution in [2.24, 2.45) is 0 Å². The van der Waals surface area contributed by atoms with Gasteiger partial charge in [0.2, 0.25) is 0 Å². The van der Waals surface area contributed by atoms with Gasteiger partial charge >= 0.3 is 0 Å². The summed E-state index contributed by atoms with van der Waals surface area (Å²) in [5.74, 6) is 0. The first-order valence-corrected chi connectivity index (χ1v) is 6.17. The van der Waals surface area contributed by atoms with Gasteiger partial charge in [0, 0.05) is 17.1 Å². The molecule has 0 fully saturated rings. The fourth-order valence-electron chi connectivity index (χ4n) is 1.90. The zero-order chi connectivity index (χ0) is 14.5. The molecule has 20 heavy (non-hydrogen) atoms. The molecule has 4 nitrogen and oxygen atoms in total. The van der Waals surface area contributed by atoms with Crippen LogP contribution in [0.25, 0.3) is 0 Å². The van der Waals surface area contributed by atoms with Crippen molar-refractivity contribution in [3.05, 3.63) is 53.1 Å². The van der Waals surface area contributed by atoms with E-state index in [0.29, 0.717) is 11.3 Å². The van der Waals surface area contributed by atoms with Gasteiger partial charge in [0.25, 0.3) is 0 Å². The minimum absolute atomic E-state index is 0.276. The first kappa shape index (κ1) is 13.5. The van der Waals surface area contributed by atoms with Crippen LogP contribution in [-0.4, -0.2) is 0 Å². The second kappa shape index (κ2) is 5.77. The van der Waals surface area contributed by atoms with Gasteiger partial charge in [-0.1, -0.05) is 6.07 Å². The Bertz CT molecular complexity index is 720. The largest absolute Gasteiger partial charge is 0.398 e. The lowest BCUT2D eigenvalue weighted by Crippen LogP contribution is -1.98. The molecule has 2 rings (SSSR count). The number of hydrogen-bond donors (Lipinski definition) is 2. The fourth-order valence-corrected chi connectivity index (χ4v) is 1.90. The van der Waals surface area contributed by atoms with E-state index in [2.05, 4.69) is 17.5 Å². The summed E-state index contributed by atoms with van der Waals surface area (Å²) in [5.41, 5.74) is 10.6. The van der Waals surface area contributed by atoms with E-state index in [1.165, 1.54) is 0 Å². The molecule has 2 aromatic carbocycles. The van der Waals surface area contributed by atoms with Gasteiger partial charge in [0.05, 0.1) is 24.1 Å². The maximum absolute atomic E-state index is 8.94. The van der Waals surface area contributed by atoms with Gasteiger partial charge in [-0.25, -0.2) is 0 Å². The van der Waals surface area contributed by atoms with Crippen molar-refractivity contribution in [1.82, 2.24) is 0 Å². The summed E-state index contributed by atoms with van der Waals surface area (Å²) in [6, 6.07) is 15.2. The molecule has 0 aliphatic heterocycles. The molecule has 0 saturated carbocycles. The molecule has 0 bridgehead atoms. The van der Waals surface area contributed by atoms with Crippen LogP contribution in [0.3, 0.4) is 0 Å². The minimum Gasteiger partial charge on any atom is -0.398 e. The number of benzene rings is 2. The lowest BCUT2D eigenvalue weighted by molar-refractivity contribution is 1.26. The Morgan fingerprint density at radius 1 is 1.15 bits per heavy atom. The second-order valence-electron chi connectivity index (χ2n) is 4.51. The van der Waals surface area contributed by atoms with Crippen molar-refractivity contribution in [3.8, 4) is 12.1 Å². The van der Waals surface area contributed by atoms with Crippen molar-refractivity contribution < 1.29 is 0 Å². The molecular weight excluding hydrogens is 248 g/mol. The van der Waals surface area contributed by atoms with Crippen LogP contribution >= 0.6 is 0 Å². The smallest absolute Gasteiger partial charge is 0.0992 e. The highest BCUT2D eigenvalue weighted by Crippen LogP contribution is 2.24. The van der Waals surface area contributed by atoms with Crippen LogP contribution in [0.15, 0.2) is 36.4 Å². The van der Waals surface area contributed by atoms with E-state index in [4.69, 9.17) is 16.3 Å². The quantitative estimate of drug-likeness (QED) is 0.831. The Hall–Kier alpha value is -2.98. The Morgan fingerprint density at radius 3 is 2.65 bits per heavy atom. The average Bonchev–Trinajstić information content (AvgIpc) is 2.45. The van der Waals surface area contributed by atoms with Gasteiger partial charge in [0.1, 0.15) is 0 Å². The van der Waals surface area contributed by atoms with E-state index in [9.17, 15) is 0 Å². The molecule has 0 aliphatic carbocycles. The molecule has 3 N–H and O–H groups in total. The number of nitrogen functional groups attached to an aromatic ring is 1. The maximum Gasteiger partial charge on any atom is 0.0992 e. The fraction of sp³-hybridized carbons (Fsp3) is 0.125. The topological polar surface area (TPSA) is 85.6 Å². The first-order valence-electron chi connectivity index (χ1n) is 6.17. The van der Waals surface area contributed by atoms with Crippen LogP contribution in [0, 0.1) is 29.6 Å². The van der Waals surface area contributed by atoms with Crippen LogP contribution < -0.4 is 11.1 Å². The zero-order valence-electron chi connectivity index (χ0n) is 11.1. The van der Waals surface area contributed by atoms with Crippen molar-refractivity contribution in [3.63, 3.8) is 0 Å². The molecule has 98 valence electrons. The monoisotopic (exact) mass is 262 g/mol. The summed E-state index contributed by atoms with van der Waals surface area (Å²) in [6.07, 6.45) is 0.276. The molecule has 0 saturated heterocycles. The number of aryl methyl sites for hydroxylation is 1. The summed E-state index contributed by atoms with van der Waals surface area (Å²) in [4.78, 5) is 0. The molecular formula is C16H14N4. The SMILES string of the molecule is Cc1ccc(C#N)cc1Nc1ccc(N)c(CC#N)c1. The third kappa shape index (κ3) is 2.88. The Labute approximate surface area is 118 Å². The van der Waals surface area contributed by atoms with Gasteiger partial charge in [0.15, 0.2) is 0 Å². The number of nitrogens with zero attached hydrogens (tertiary/aromatic N) is 2. The van der Waals surface area contributed by atoms with E-state index in [1.807, 2.05) is 25.1 Å². The zero-order valence-corrected chi connectivity index (χ0v) is 11.1. The summed E-state index contributed by atoms with van der Waals surface area (Å²) in [5, 5.41) is 21.0. The van der Waals surface area contributed by atoms with Crippen LogP contribution in [0.1, 0.15) is 16.7 Å². The molecule has 0 atom stereocenters. The molecule has 0 radical (unpaired) electrons. The molecule has 0 spiro atoms. The van der Waals surface area contributed by atoms with Crippen LogP contribution in [0.5, 0.6) is 0 Å². The highest BCUT2D eigenvalue weighted by molar-refractivity contribution is 5.68. The second-order valence-corrected chi connectivity index (χ2v) is 4.51. The number of nitrogens with one attached hydrogen (secondary N) is 1. The number of nitriles is 2. The highest BCUT2D eigenvalue weighted by atomic mass is 14.9. The Kier molecular flexibility index (Phi) is 3.88. The summed E-state index contributed by atoms with van der Waals surface area (Å²) < 4.78 is 0. The first-order chi connectivity index (χ1) is 9.63. The number of hydrogen-bond acceptors (Lipinski definition) is 4. The molecule has 2 aromatic rings. The number of nitrogens with two attached hydrogens (primary N) is 1.